The summed E-state index contributed by atoms with van der Waals surface area (Å²) >= 11 is 0. The standard InChI is InChI=1S/C19H26N4O2/c1-15-4-3-7-23(15)14-18-20-19(21-25-18)17-6-2-5-16(12-17)13-22-8-10-24-11-9-22/h2,5-6,12,15H,3-4,7-11,13-14H2,1H3/t15-/m0/s1. The fourth-order valence-corrected chi connectivity index (χ4v) is 3.66. The van der Waals surface area contributed by atoms with Gasteiger partial charge in [-0.1, -0.05) is 23.4 Å². The Morgan fingerprint density at radius 2 is 2.04 bits per heavy atom. The summed E-state index contributed by atoms with van der Waals surface area (Å²) in [6, 6.07) is 9.06. The van der Waals surface area contributed by atoms with Crippen LogP contribution in [0, 0.1) is 0 Å². The number of benzene rings is 1. The predicted octanol–water partition coefficient (Wildman–Crippen LogP) is 2.55. The number of ether oxygens (including phenoxy) is 1. The molecule has 0 bridgehead atoms. The van der Waals surface area contributed by atoms with Crippen molar-refractivity contribution in [2.45, 2.75) is 38.9 Å². The molecule has 0 spiro atoms. The molecule has 0 radical (unpaired) electrons. The zero-order valence-electron chi connectivity index (χ0n) is 14.9. The highest BCUT2D eigenvalue weighted by Gasteiger charge is 2.22. The molecule has 2 aliphatic rings. The molecule has 1 aromatic carbocycles. The van der Waals surface area contributed by atoms with E-state index in [1.54, 1.807) is 0 Å². The molecule has 1 atom stereocenters. The van der Waals surface area contributed by atoms with E-state index in [0.717, 1.165) is 51.5 Å². The first-order valence-electron chi connectivity index (χ1n) is 9.24. The summed E-state index contributed by atoms with van der Waals surface area (Å²) in [6.45, 7) is 8.70. The number of hydrogen-bond acceptors (Lipinski definition) is 6. The van der Waals surface area contributed by atoms with Gasteiger partial charge in [-0.25, -0.2) is 0 Å². The summed E-state index contributed by atoms with van der Waals surface area (Å²) in [5.41, 5.74) is 2.30. The number of likely N-dealkylation sites (tertiary alicyclic amines) is 1. The minimum atomic E-state index is 0.604. The second-order valence-electron chi connectivity index (χ2n) is 7.06. The maximum atomic E-state index is 5.49. The van der Waals surface area contributed by atoms with E-state index in [0.29, 0.717) is 17.8 Å². The van der Waals surface area contributed by atoms with Crippen LogP contribution in [0.25, 0.3) is 11.4 Å². The van der Waals surface area contributed by atoms with Gasteiger partial charge in [-0.2, -0.15) is 4.98 Å². The third-order valence-electron chi connectivity index (χ3n) is 5.19. The Hall–Kier alpha value is -1.76. The Bertz CT molecular complexity index is 696. The zero-order chi connectivity index (χ0) is 17.1. The maximum Gasteiger partial charge on any atom is 0.241 e. The van der Waals surface area contributed by atoms with Gasteiger partial charge in [-0.15, -0.1) is 0 Å². The molecule has 134 valence electrons. The lowest BCUT2D eigenvalue weighted by Gasteiger charge is -2.26. The average Bonchev–Trinajstić information content (AvgIpc) is 3.26. The lowest BCUT2D eigenvalue weighted by molar-refractivity contribution is 0.0342. The Morgan fingerprint density at radius 1 is 1.16 bits per heavy atom. The molecule has 2 aliphatic heterocycles. The van der Waals surface area contributed by atoms with Crippen molar-refractivity contribution in [1.82, 2.24) is 19.9 Å². The molecule has 2 fully saturated rings. The molecule has 3 heterocycles. The van der Waals surface area contributed by atoms with E-state index in [1.807, 2.05) is 0 Å². The molecule has 2 aromatic rings. The summed E-state index contributed by atoms with van der Waals surface area (Å²) in [4.78, 5) is 9.44. The first kappa shape index (κ1) is 16.7. The van der Waals surface area contributed by atoms with Gasteiger partial charge in [-0.05, 0) is 37.9 Å². The molecule has 0 aliphatic carbocycles. The van der Waals surface area contributed by atoms with Crippen molar-refractivity contribution in [1.29, 1.82) is 0 Å². The third kappa shape index (κ3) is 4.08. The summed E-state index contributed by atoms with van der Waals surface area (Å²) in [5, 5.41) is 4.20. The second-order valence-corrected chi connectivity index (χ2v) is 7.06. The second kappa shape index (κ2) is 7.64. The van der Waals surface area contributed by atoms with Gasteiger partial charge in [0.2, 0.25) is 11.7 Å². The Kier molecular flexibility index (Phi) is 5.10. The maximum absolute atomic E-state index is 5.49. The quantitative estimate of drug-likeness (QED) is 0.832. The van der Waals surface area contributed by atoms with E-state index < -0.39 is 0 Å². The SMILES string of the molecule is C[C@H]1CCCN1Cc1nc(-c2cccc(CN3CCOCC3)c2)no1. The molecular formula is C19H26N4O2. The van der Waals surface area contributed by atoms with Crippen molar-refractivity contribution in [2.75, 3.05) is 32.8 Å². The lowest BCUT2D eigenvalue weighted by atomic mass is 10.1. The molecule has 4 rings (SSSR count). The predicted molar refractivity (Wildman–Crippen MR) is 94.9 cm³/mol. The first-order valence-corrected chi connectivity index (χ1v) is 9.24. The van der Waals surface area contributed by atoms with Gasteiger partial charge >= 0.3 is 0 Å². The van der Waals surface area contributed by atoms with Crippen LogP contribution in [0.3, 0.4) is 0 Å². The Morgan fingerprint density at radius 3 is 2.84 bits per heavy atom. The molecular weight excluding hydrogens is 316 g/mol. The summed E-state index contributed by atoms with van der Waals surface area (Å²) in [7, 11) is 0. The largest absolute Gasteiger partial charge is 0.379 e. The van der Waals surface area contributed by atoms with E-state index in [-0.39, 0.29) is 0 Å². The van der Waals surface area contributed by atoms with Crippen LogP contribution < -0.4 is 0 Å². The van der Waals surface area contributed by atoms with Gasteiger partial charge in [0.15, 0.2) is 0 Å². The zero-order valence-corrected chi connectivity index (χ0v) is 14.9. The molecule has 0 N–H and O–H groups in total. The van der Waals surface area contributed by atoms with E-state index in [2.05, 4.69) is 51.1 Å². The van der Waals surface area contributed by atoms with Crippen molar-refractivity contribution in [3.63, 3.8) is 0 Å². The molecule has 0 unspecified atom stereocenters. The molecule has 6 heteroatoms. The summed E-state index contributed by atoms with van der Waals surface area (Å²) in [5.74, 6) is 1.40. The minimum Gasteiger partial charge on any atom is -0.379 e. The third-order valence-corrected chi connectivity index (χ3v) is 5.19. The van der Waals surface area contributed by atoms with Crippen molar-refractivity contribution in [3.8, 4) is 11.4 Å². The van der Waals surface area contributed by atoms with E-state index in [4.69, 9.17) is 9.26 Å². The normalized spacial score (nSPS) is 22.5. The van der Waals surface area contributed by atoms with Gasteiger partial charge in [-0.3, -0.25) is 9.80 Å². The van der Waals surface area contributed by atoms with Crippen LogP contribution in [0.15, 0.2) is 28.8 Å². The van der Waals surface area contributed by atoms with Gasteiger partial charge < -0.3 is 9.26 Å². The first-order chi connectivity index (χ1) is 12.3. The van der Waals surface area contributed by atoms with Crippen molar-refractivity contribution in [3.05, 3.63) is 35.7 Å². The van der Waals surface area contributed by atoms with Gasteiger partial charge in [0.25, 0.3) is 0 Å². The number of nitrogens with zero attached hydrogens (tertiary/aromatic N) is 4. The van der Waals surface area contributed by atoms with Crippen LogP contribution in [0.4, 0.5) is 0 Å². The van der Waals surface area contributed by atoms with Gasteiger partial charge in [0.1, 0.15) is 0 Å². The van der Waals surface area contributed by atoms with Crippen LogP contribution in [0.1, 0.15) is 31.2 Å². The van der Waals surface area contributed by atoms with Crippen molar-refractivity contribution in [2.24, 2.45) is 0 Å². The van der Waals surface area contributed by atoms with Crippen LogP contribution >= 0.6 is 0 Å². The monoisotopic (exact) mass is 342 g/mol. The molecule has 25 heavy (non-hydrogen) atoms. The van der Waals surface area contributed by atoms with E-state index in [1.165, 1.54) is 18.4 Å². The van der Waals surface area contributed by atoms with E-state index in [9.17, 15) is 0 Å². The fraction of sp³-hybridized carbons (Fsp3) is 0.579. The highest BCUT2D eigenvalue weighted by atomic mass is 16.5. The highest BCUT2D eigenvalue weighted by molar-refractivity contribution is 5.55. The summed E-state index contributed by atoms with van der Waals surface area (Å²) in [6.07, 6.45) is 2.51. The lowest BCUT2D eigenvalue weighted by Crippen LogP contribution is -2.35. The number of aromatic nitrogens is 2. The van der Waals surface area contributed by atoms with Crippen molar-refractivity contribution >= 4 is 0 Å². The highest BCUT2D eigenvalue weighted by Crippen LogP contribution is 2.22. The molecule has 0 amide bonds. The van der Waals surface area contributed by atoms with Gasteiger partial charge in [0, 0.05) is 31.2 Å². The van der Waals surface area contributed by atoms with Crippen LogP contribution in [0.5, 0.6) is 0 Å². The van der Waals surface area contributed by atoms with Gasteiger partial charge in [0.05, 0.1) is 19.8 Å². The van der Waals surface area contributed by atoms with Crippen LogP contribution in [-0.4, -0.2) is 58.8 Å². The smallest absolute Gasteiger partial charge is 0.241 e. The Balaban J connectivity index is 1.43. The molecule has 2 saturated heterocycles. The number of hydrogen-bond donors (Lipinski definition) is 0. The Labute approximate surface area is 148 Å². The molecule has 6 nitrogen and oxygen atoms in total. The number of morpholine rings is 1. The minimum absolute atomic E-state index is 0.604. The topological polar surface area (TPSA) is 54.6 Å². The van der Waals surface area contributed by atoms with Crippen molar-refractivity contribution < 1.29 is 9.26 Å². The molecule has 1 aromatic heterocycles. The molecule has 0 saturated carbocycles. The van der Waals surface area contributed by atoms with Crippen LogP contribution in [0.2, 0.25) is 0 Å². The van der Waals surface area contributed by atoms with Crippen LogP contribution in [-0.2, 0) is 17.8 Å². The summed E-state index contributed by atoms with van der Waals surface area (Å²) < 4.78 is 10.9. The number of rotatable bonds is 5. The average molecular weight is 342 g/mol. The van der Waals surface area contributed by atoms with E-state index >= 15 is 0 Å². The fourth-order valence-electron chi connectivity index (χ4n) is 3.66.